The molecule has 108 valence electrons. The Kier molecular flexibility index (Phi) is 8.88. The number of nitrogens with zero attached hydrogens (tertiary/aromatic N) is 1. The van der Waals surface area contributed by atoms with Crippen LogP contribution in [-0.2, 0) is 4.74 Å². The molecule has 0 spiro atoms. The minimum absolute atomic E-state index is 0.202. The second kappa shape index (κ2) is 8.92. The van der Waals surface area contributed by atoms with E-state index >= 15 is 0 Å². The smallest absolute Gasteiger partial charge is 0.155 e. The van der Waals surface area contributed by atoms with E-state index in [9.17, 15) is 4.39 Å². The second-order valence-electron chi connectivity index (χ2n) is 6.59. The summed E-state index contributed by atoms with van der Waals surface area (Å²) in [4.78, 5) is 2.04. The van der Waals surface area contributed by atoms with Crippen molar-refractivity contribution in [1.29, 1.82) is 0 Å². The van der Waals surface area contributed by atoms with Gasteiger partial charge >= 0.3 is 0 Å². The largest absolute Gasteiger partial charge is 0.379 e. The average molecular weight is 259 g/mol. The monoisotopic (exact) mass is 259 g/mol. The van der Waals surface area contributed by atoms with E-state index in [1.165, 1.54) is 0 Å². The molecule has 0 bridgehead atoms. The number of alkyl halides is 1. The average Bonchev–Trinajstić information content (AvgIpc) is 2.13. The van der Waals surface area contributed by atoms with Crippen molar-refractivity contribution in [3.8, 4) is 0 Å². The van der Waals surface area contributed by atoms with E-state index in [4.69, 9.17) is 4.74 Å². The molecule has 0 heterocycles. The van der Waals surface area contributed by atoms with Crippen LogP contribution in [0.25, 0.3) is 0 Å². The van der Waals surface area contributed by atoms with Crippen LogP contribution in [0.1, 0.15) is 40.5 Å². The highest BCUT2D eigenvalue weighted by Crippen LogP contribution is 2.11. The lowest BCUT2D eigenvalue weighted by molar-refractivity contribution is 0.0397. The van der Waals surface area contributed by atoms with Crippen LogP contribution < -0.4 is 0 Å². The van der Waals surface area contributed by atoms with E-state index in [-0.39, 0.29) is 6.61 Å². The minimum Gasteiger partial charge on any atom is -0.379 e. The van der Waals surface area contributed by atoms with Crippen molar-refractivity contribution >= 4 is 7.85 Å². The molecule has 1 unspecified atom stereocenters. The van der Waals surface area contributed by atoms with Gasteiger partial charge in [-0.2, -0.15) is 0 Å². The molecule has 0 aliphatic carbocycles. The van der Waals surface area contributed by atoms with E-state index in [1.807, 2.05) is 11.9 Å². The Bertz CT molecular complexity index is 210. The molecule has 1 atom stereocenters. The van der Waals surface area contributed by atoms with Crippen LogP contribution >= 0.6 is 0 Å². The van der Waals surface area contributed by atoms with Crippen molar-refractivity contribution in [2.75, 3.05) is 33.4 Å². The molecule has 0 aliphatic heterocycles. The van der Waals surface area contributed by atoms with Gasteiger partial charge in [-0.15, -0.1) is 0 Å². The summed E-state index contributed by atoms with van der Waals surface area (Å²) in [5, 5.41) is 0. The molecule has 2 nitrogen and oxygen atoms in total. The molecule has 0 N–H and O–H groups in total. The summed E-state index contributed by atoms with van der Waals surface area (Å²) in [6.45, 7) is 10.9. The lowest BCUT2D eigenvalue weighted by Crippen LogP contribution is -2.43. The lowest BCUT2D eigenvalue weighted by Gasteiger charge is -2.28. The van der Waals surface area contributed by atoms with E-state index in [0.29, 0.717) is 25.0 Å². The topological polar surface area (TPSA) is 12.5 Å². The van der Waals surface area contributed by atoms with Crippen molar-refractivity contribution in [2.45, 2.75) is 46.1 Å². The maximum Gasteiger partial charge on any atom is 0.155 e. The van der Waals surface area contributed by atoms with Crippen LogP contribution in [0.2, 0.25) is 0 Å². The molecule has 4 heteroatoms. The van der Waals surface area contributed by atoms with Gasteiger partial charge in [-0.3, -0.25) is 4.39 Å². The first kappa shape index (κ1) is 17.9. The maximum atomic E-state index is 14.2. The van der Waals surface area contributed by atoms with Gasteiger partial charge in [0.1, 0.15) is 5.57 Å². The van der Waals surface area contributed by atoms with Gasteiger partial charge in [-0.05, 0) is 31.7 Å². The summed E-state index contributed by atoms with van der Waals surface area (Å²) in [7, 11) is 3.60. The summed E-state index contributed by atoms with van der Waals surface area (Å²) >= 11 is 0. The second-order valence-corrected chi connectivity index (χ2v) is 6.59. The molecule has 18 heavy (non-hydrogen) atoms. The fourth-order valence-corrected chi connectivity index (χ4v) is 2.17. The van der Waals surface area contributed by atoms with E-state index in [0.717, 1.165) is 19.4 Å². The predicted octanol–water partition coefficient (Wildman–Crippen LogP) is 2.33. The molecule has 0 aromatic carbocycles. The Morgan fingerprint density at radius 1 is 1.22 bits per heavy atom. The summed E-state index contributed by atoms with van der Waals surface area (Å²) in [6.07, 6.45) is 2.17. The number of ether oxygens (including phenoxy) is 1. The van der Waals surface area contributed by atoms with Gasteiger partial charge in [0.05, 0.1) is 6.61 Å². The number of rotatable bonds is 10. The highest BCUT2D eigenvalue weighted by atomic mass is 19.1. The quantitative estimate of drug-likeness (QED) is 0.441. The van der Waals surface area contributed by atoms with Gasteiger partial charge in [0, 0.05) is 19.7 Å². The lowest BCUT2D eigenvalue weighted by atomic mass is 9.84. The molecule has 0 rings (SSSR count). The third-order valence-electron chi connectivity index (χ3n) is 2.75. The van der Waals surface area contributed by atoms with Crippen molar-refractivity contribution in [3.05, 3.63) is 0 Å². The van der Waals surface area contributed by atoms with Gasteiger partial charge in [-0.1, -0.05) is 27.7 Å². The fraction of sp³-hybridized carbons (Fsp3) is 1.00. The van der Waals surface area contributed by atoms with Gasteiger partial charge in [0.2, 0.25) is 0 Å². The third-order valence-corrected chi connectivity index (χ3v) is 2.75. The predicted molar refractivity (Wildman–Crippen MR) is 79.6 cm³/mol. The number of hydrogen-bond donors (Lipinski definition) is 0. The zero-order valence-corrected chi connectivity index (χ0v) is 13.1. The van der Waals surface area contributed by atoms with Gasteiger partial charge in [0.25, 0.3) is 0 Å². The first-order chi connectivity index (χ1) is 8.23. The normalized spacial score (nSPS) is 15.6. The summed E-state index contributed by atoms with van der Waals surface area (Å²) in [5.41, 5.74) is -1.25. The summed E-state index contributed by atoms with van der Waals surface area (Å²) in [5.74, 6) is 1.26. The summed E-state index contributed by atoms with van der Waals surface area (Å²) < 4.78 is 19.7. The Balaban J connectivity index is 3.72. The fourth-order valence-electron chi connectivity index (χ4n) is 2.17. The highest BCUT2D eigenvalue weighted by Gasteiger charge is 2.25. The molecule has 0 saturated carbocycles. The molecule has 0 aromatic heterocycles. The van der Waals surface area contributed by atoms with Crippen LogP contribution in [0.15, 0.2) is 0 Å². The van der Waals surface area contributed by atoms with E-state index < -0.39 is 5.57 Å². The van der Waals surface area contributed by atoms with Gasteiger partial charge in [-0.25, -0.2) is 0 Å². The summed E-state index contributed by atoms with van der Waals surface area (Å²) in [6, 6.07) is 0. The van der Waals surface area contributed by atoms with Crippen molar-refractivity contribution in [1.82, 2.24) is 4.90 Å². The van der Waals surface area contributed by atoms with E-state index in [1.54, 1.807) is 7.85 Å². The Labute approximate surface area is 114 Å². The maximum absolute atomic E-state index is 14.2. The van der Waals surface area contributed by atoms with Crippen LogP contribution in [0.4, 0.5) is 4.39 Å². The van der Waals surface area contributed by atoms with Crippen LogP contribution in [0, 0.1) is 11.8 Å². The van der Waals surface area contributed by atoms with Crippen molar-refractivity contribution < 1.29 is 9.13 Å². The van der Waals surface area contributed by atoms with Gasteiger partial charge < -0.3 is 9.64 Å². The molecule has 0 radical (unpaired) electrons. The Hall–Kier alpha value is -0.0851. The SMILES string of the molecule is BC(F)(COCCCC(C)C)CN(C)CC(C)C. The molecule has 0 aliphatic rings. The van der Waals surface area contributed by atoms with Crippen LogP contribution in [0.5, 0.6) is 0 Å². The number of hydrogen-bond acceptors (Lipinski definition) is 2. The zero-order chi connectivity index (χ0) is 14.2. The van der Waals surface area contributed by atoms with Crippen LogP contribution in [-0.4, -0.2) is 51.7 Å². The number of halogens is 1. The first-order valence-electron chi connectivity index (χ1n) is 7.18. The Morgan fingerprint density at radius 2 is 1.83 bits per heavy atom. The molecule has 0 aromatic rings. The van der Waals surface area contributed by atoms with Gasteiger partial charge in [0.15, 0.2) is 7.85 Å². The molecule has 0 saturated heterocycles. The molecular formula is C14H31BFNO. The minimum atomic E-state index is -1.25. The van der Waals surface area contributed by atoms with Crippen molar-refractivity contribution in [3.63, 3.8) is 0 Å². The standard InChI is InChI=1S/C14H31BFNO/c1-12(2)7-6-8-18-11-14(15,16)10-17(5)9-13(3)4/h12-13H,6-11,15H2,1-5H3. The van der Waals surface area contributed by atoms with E-state index in [2.05, 4.69) is 27.7 Å². The van der Waals surface area contributed by atoms with Crippen molar-refractivity contribution in [2.24, 2.45) is 11.8 Å². The third kappa shape index (κ3) is 11.0. The first-order valence-corrected chi connectivity index (χ1v) is 7.18. The highest BCUT2D eigenvalue weighted by molar-refractivity contribution is 6.14. The Morgan fingerprint density at radius 3 is 2.33 bits per heavy atom. The zero-order valence-electron chi connectivity index (χ0n) is 13.1. The molecule has 0 amide bonds. The molecular weight excluding hydrogens is 228 g/mol. The molecule has 0 fully saturated rings. The van der Waals surface area contributed by atoms with Crippen LogP contribution in [0.3, 0.4) is 0 Å².